The maximum absolute atomic E-state index is 13.0. The monoisotopic (exact) mass is 271 g/mol. The van der Waals surface area contributed by atoms with Crippen LogP contribution >= 0.6 is 0 Å². The predicted octanol–water partition coefficient (Wildman–Crippen LogP) is 3.37. The van der Waals surface area contributed by atoms with Crippen molar-refractivity contribution in [1.29, 1.82) is 0 Å². The van der Waals surface area contributed by atoms with Crippen LogP contribution in [0.15, 0.2) is 47.5 Å². The van der Waals surface area contributed by atoms with Gasteiger partial charge in [0, 0.05) is 5.69 Å². The summed E-state index contributed by atoms with van der Waals surface area (Å²) in [6, 6.07) is 12.4. The molecule has 0 spiro atoms. The summed E-state index contributed by atoms with van der Waals surface area (Å²) < 4.78 is 13.0. The number of rotatable bonds is 3. The Labute approximate surface area is 118 Å². The molecule has 0 saturated carbocycles. The third-order valence-corrected chi connectivity index (χ3v) is 2.82. The molecule has 2 aromatic carbocycles. The van der Waals surface area contributed by atoms with Gasteiger partial charge in [0.05, 0.1) is 6.54 Å². The van der Waals surface area contributed by atoms with Crippen molar-refractivity contribution in [3.05, 3.63) is 65.0 Å². The third kappa shape index (κ3) is 4.09. The highest BCUT2D eigenvalue weighted by Crippen LogP contribution is 2.13. The Balaban J connectivity index is 2.04. The summed E-state index contributed by atoms with van der Waals surface area (Å²) in [6.45, 7) is 4.40. The minimum Gasteiger partial charge on any atom is -0.370 e. The number of hydrogen-bond acceptors (Lipinski definition) is 1. The van der Waals surface area contributed by atoms with Gasteiger partial charge in [-0.15, -0.1) is 0 Å². The number of halogens is 1. The molecule has 104 valence electrons. The summed E-state index contributed by atoms with van der Waals surface area (Å²) >= 11 is 0. The van der Waals surface area contributed by atoms with Crippen molar-refractivity contribution in [3.63, 3.8) is 0 Å². The molecule has 0 amide bonds. The van der Waals surface area contributed by atoms with E-state index in [1.165, 1.54) is 12.1 Å². The molecule has 0 unspecified atom stereocenters. The summed E-state index contributed by atoms with van der Waals surface area (Å²) in [4.78, 5) is 4.21. The summed E-state index contributed by atoms with van der Waals surface area (Å²) in [5.74, 6) is 0.0535. The fraction of sp³-hybridized carbons (Fsp3) is 0.188. The first-order valence-electron chi connectivity index (χ1n) is 6.42. The number of nitrogens with zero attached hydrogens (tertiary/aromatic N) is 1. The van der Waals surface area contributed by atoms with Crippen LogP contribution in [0.5, 0.6) is 0 Å². The van der Waals surface area contributed by atoms with E-state index in [9.17, 15) is 4.39 Å². The Kier molecular flexibility index (Phi) is 4.35. The number of nitrogens with two attached hydrogens (primary N) is 1. The fourth-order valence-electron chi connectivity index (χ4n) is 2.05. The first kappa shape index (κ1) is 14.1. The first-order chi connectivity index (χ1) is 9.52. The molecule has 0 saturated heterocycles. The number of hydrogen-bond donors (Lipinski definition) is 2. The lowest BCUT2D eigenvalue weighted by Crippen LogP contribution is -2.22. The van der Waals surface area contributed by atoms with E-state index in [4.69, 9.17) is 5.73 Å². The van der Waals surface area contributed by atoms with Crippen molar-refractivity contribution < 1.29 is 4.39 Å². The van der Waals surface area contributed by atoms with Gasteiger partial charge in [-0.1, -0.05) is 18.2 Å². The number of benzene rings is 2. The van der Waals surface area contributed by atoms with Crippen LogP contribution in [0.2, 0.25) is 0 Å². The van der Waals surface area contributed by atoms with Crippen LogP contribution in [0, 0.1) is 19.7 Å². The van der Waals surface area contributed by atoms with Gasteiger partial charge in [0.2, 0.25) is 0 Å². The van der Waals surface area contributed by atoms with Crippen LogP contribution in [0.3, 0.4) is 0 Å². The quantitative estimate of drug-likeness (QED) is 0.664. The zero-order valence-corrected chi connectivity index (χ0v) is 11.7. The zero-order chi connectivity index (χ0) is 14.5. The fourth-order valence-corrected chi connectivity index (χ4v) is 2.05. The molecule has 0 radical (unpaired) electrons. The van der Waals surface area contributed by atoms with Crippen LogP contribution in [0.4, 0.5) is 10.1 Å². The molecule has 2 aromatic rings. The van der Waals surface area contributed by atoms with Crippen LogP contribution in [0.25, 0.3) is 0 Å². The molecular weight excluding hydrogens is 253 g/mol. The van der Waals surface area contributed by atoms with Crippen molar-refractivity contribution in [3.8, 4) is 0 Å². The van der Waals surface area contributed by atoms with E-state index < -0.39 is 0 Å². The third-order valence-electron chi connectivity index (χ3n) is 2.82. The Morgan fingerprint density at radius 1 is 1.15 bits per heavy atom. The van der Waals surface area contributed by atoms with Gasteiger partial charge in [-0.3, -0.25) is 0 Å². The maximum atomic E-state index is 13.0. The average molecular weight is 271 g/mol. The predicted molar refractivity (Wildman–Crippen MR) is 81.3 cm³/mol. The molecule has 0 bridgehead atoms. The topological polar surface area (TPSA) is 50.4 Å². The van der Waals surface area contributed by atoms with Crippen molar-refractivity contribution in [1.82, 2.24) is 0 Å². The van der Waals surface area contributed by atoms with Gasteiger partial charge in [-0.05, 0) is 54.8 Å². The molecule has 2 rings (SSSR count). The lowest BCUT2D eigenvalue weighted by molar-refractivity contribution is 0.625. The van der Waals surface area contributed by atoms with Gasteiger partial charge in [-0.2, -0.15) is 0 Å². The molecule has 3 nitrogen and oxygen atoms in total. The van der Waals surface area contributed by atoms with Crippen molar-refractivity contribution >= 4 is 11.6 Å². The van der Waals surface area contributed by atoms with Gasteiger partial charge >= 0.3 is 0 Å². The number of nitrogens with one attached hydrogen (secondary N) is 1. The normalized spacial score (nSPS) is 11.4. The molecule has 0 aromatic heterocycles. The average Bonchev–Trinajstić information content (AvgIpc) is 2.35. The first-order valence-corrected chi connectivity index (χ1v) is 6.42. The molecule has 0 atom stereocenters. The highest BCUT2D eigenvalue weighted by molar-refractivity contribution is 5.92. The van der Waals surface area contributed by atoms with E-state index in [2.05, 4.69) is 16.4 Å². The highest BCUT2D eigenvalue weighted by atomic mass is 19.1. The molecule has 4 heteroatoms. The summed E-state index contributed by atoms with van der Waals surface area (Å²) in [5.41, 5.74) is 9.85. The largest absolute Gasteiger partial charge is 0.370 e. The lowest BCUT2D eigenvalue weighted by atomic mass is 10.1. The summed E-state index contributed by atoms with van der Waals surface area (Å²) in [7, 11) is 0. The van der Waals surface area contributed by atoms with E-state index >= 15 is 0 Å². The number of guanidine groups is 1. The van der Waals surface area contributed by atoms with E-state index in [-0.39, 0.29) is 5.82 Å². The van der Waals surface area contributed by atoms with Gasteiger partial charge in [-0.25, -0.2) is 9.38 Å². The highest BCUT2D eigenvalue weighted by Gasteiger charge is 1.99. The standard InChI is InChI=1S/C16H18FN3/c1-11-6-12(2)8-15(7-11)20-16(18)19-10-13-4-3-5-14(17)9-13/h3-9H,10H2,1-2H3,(H3,18,19,20). The van der Waals surface area contributed by atoms with Crippen molar-refractivity contribution in [2.24, 2.45) is 10.7 Å². The molecule has 0 heterocycles. The van der Waals surface area contributed by atoms with Crippen LogP contribution in [-0.2, 0) is 6.54 Å². The molecule has 0 aliphatic heterocycles. The summed E-state index contributed by atoms with van der Waals surface area (Å²) in [5, 5.41) is 3.04. The smallest absolute Gasteiger partial charge is 0.193 e. The van der Waals surface area contributed by atoms with Crippen LogP contribution < -0.4 is 11.1 Å². The van der Waals surface area contributed by atoms with Crippen molar-refractivity contribution in [2.75, 3.05) is 5.32 Å². The second-order valence-corrected chi connectivity index (χ2v) is 4.83. The van der Waals surface area contributed by atoms with Gasteiger partial charge in [0.1, 0.15) is 5.82 Å². The maximum Gasteiger partial charge on any atom is 0.193 e. The van der Waals surface area contributed by atoms with E-state index in [1.54, 1.807) is 6.07 Å². The Morgan fingerprint density at radius 3 is 2.50 bits per heavy atom. The molecule has 0 fully saturated rings. The minimum atomic E-state index is -0.265. The molecule has 0 aliphatic carbocycles. The number of anilines is 1. The van der Waals surface area contributed by atoms with E-state index in [0.717, 1.165) is 22.4 Å². The van der Waals surface area contributed by atoms with Crippen LogP contribution in [-0.4, -0.2) is 5.96 Å². The van der Waals surface area contributed by atoms with Gasteiger partial charge in [0.25, 0.3) is 0 Å². The van der Waals surface area contributed by atoms with Crippen molar-refractivity contribution in [2.45, 2.75) is 20.4 Å². The number of aryl methyl sites for hydroxylation is 2. The minimum absolute atomic E-state index is 0.265. The Morgan fingerprint density at radius 2 is 1.85 bits per heavy atom. The van der Waals surface area contributed by atoms with E-state index in [0.29, 0.717) is 12.5 Å². The van der Waals surface area contributed by atoms with Gasteiger partial charge in [0.15, 0.2) is 5.96 Å². The molecule has 0 aliphatic rings. The van der Waals surface area contributed by atoms with Crippen LogP contribution in [0.1, 0.15) is 16.7 Å². The Hall–Kier alpha value is -2.36. The van der Waals surface area contributed by atoms with E-state index in [1.807, 2.05) is 32.0 Å². The molecular formula is C16H18FN3. The lowest BCUT2D eigenvalue weighted by Gasteiger charge is -2.08. The second-order valence-electron chi connectivity index (χ2n) is 4.83. The zero-order valence-electron chi connectivity index (χ0n) is 11.7. The SMILES string of the molecule is Cc1cc(C)cc(NC(N)=NCc2cccc(F)c2)c1. The summed E-state index contributed by atoms with van der Waals surface area (Å²) in [6.07, 6.45) is 0. The second kappa shape index (κ2) is 6.19. The van der Waals surface area contributed by atoms with Gasteiger partial charge < -0.3 is 11.1 Å². The molecule has 3 N–H and O–H groups in total. The molecule has 20 heavy (non-hydrogen) atoms. The number of aliphatic imine (C=N–C) groups is 1. The Bertz CT molecular complexity index is 615.